The van der Waals surface area contributed by atoms with E-state index in [1.165, 1.54) is 0 Å². The summed E-state index contributed by atoms with van der Waals surface area (Å²) in [7, 11) is -3.53. The van der Waals surface area contributed by atoms with Crippen LogP contribution < -0.4 is 10.0 Å². The van der Waals surface area contributed by atoms with Gasteiger partial charge in [0.25, 0.3) is 10.0 Å². The smallest absolute Gasteiger partial charge is 0.258 e. The predicted octanol–water partition coefficient (Wildman–Crippen LogP) is 1.47. The monoisotopic (exact) mass is 332 g/mol. The van der Waals surface area contributed by atoms with Gasteiger partial charge in [-0.1, -0.05) is 13.8 Å². The summed E-state index contributed by atoms with van der Waals surface area (Å²) >= 11 is 1.81. The van der Waals surface area contributed by atoms with Crippen LogP contribution in [0.25, 0.3) is 0 Å². The van der Waals surface area contributed by atoms with Crippen molar-refractivity contribution in [1.29, 1.82) is 0 Å². The number of aromatic amines is 1. The van der Waals surface area contributed by atoms with E-state index in [2.05, 4.69) is 26.5 Å². The minimum atomic E-state index is -3.53. The number of aromatic nitrogens is 2. The van der Waals surface area contributed by atoms with Gasteiger partial charge in [0, 0.05) is 29.4 Å². The van der Waals surface area contributed by atoms with Crippen LogP contribution in [0.1, 0.15) is 38.7 Å². The third-order valence-corrected chi connectivity index (χ3v) is 6.32. The van der Waals surface area contributed by atoms with E-state index in [0.717, 1.165) is 19.3 Å². The largest absolute Gasteiger partial charge is 0.310 e. The molecule has 0 radical (unpaired) electrons. The summed E-state index contributed by atoms with van der Waals surface area (Å²) in [5.41, 5.74) is 0.676. The van der Waals surface area contributed by atoms with Gasteiger partial charge in [0.05, 0.1) is 6.20 Å². The van der Waals surface area contributed by atoms with Crippen molar-refractivity contribution in [3.05, 3.63) is 11.8 Å². The lowest BCUT2D eigenvalue weighted by atomic mass is 10.3. The highest BCUT2D eigenvalue weighted by atomic mass is 32.2. The molecule has 2 rings (SSSR count). The maximum Gasteiger partial charge on any atom is 0.258 e. The molecule has 0 amide bonds. The highest BCUT2D eigenvalue weighted by Gasteiger charge is 2.30. The summed E-state index contributed by atoms with van der Waals surface area (Å²) in [6.07, 6.45) is 6.51. The minimum Gasteiger partial charge on any atom is -0.310 e. The fraction of sp³-hybridized carbons (Fsp3) is 0.769. The highest BCUT2D eigenvalue weighted by Crippen LogP contribution is 2.29. The zero-order valence-corrected chi connectivity index (χ0v) is 14.4. The molecule has 120 valence electrons. The van der Waals surface area contributed by atoms with Crippen molar-refractivity contribution in [2.75, 3.05) is 6.26 Å². The summed E-state index contributed by atoms with van der Waals surface area (Å²) in [5.74, 6) is 0. The van der Waals surface area contributed by atoms with E-state index in [9.17, 15) is 8.42 Å². The summed E-state index contributed by atoms with van der Waals surface area (Å²) < 4.78 is 27.8. The van der Waals surface area contributed by atoms with Crippen LogP contribution >= 0.6 is 11.8 Å². The van der Waals surface area contributed by atoms with Crippen LogP contribution in [0, 0.1) is 0 Å². The van der Waals surface area contributed by atoms with Crippen molar-refractivity contribution >= 4 is 21.8 Å². The standard InChI is InChI=1S/C13H24N4O2S2/c1-9(2)14-7-10-8-15-16-13(10)21(18,19)17-11-4-5-12(6-11)20-3/h8-9,11-12,14,17H,4-7H2,1-3H3,(H,15,16). The van der Waals surface area contributed by atoms with E-state index >= 15 is 0 Å². The van der Waals surface area contributed by atoms with Crippen LogP contribution in [0.3, 0.4) is 0 Å². The predicted molar refractivity (Wildman–Crippen MR) is 85.8 cm³/mol. The summed E-state index contributed by atoms with van der Waals surface area (Å²) in [6.45, 7) is 4.53. The molecule has 0 saturated heterocycles. The number of rotatable bonds is 7. The second-order valence-electron chi connectivity index (χ2n) is 5.75. The van der Waals surface area contributed by atoms with E-state index in [1.807, 2.05) is 25.6 Å². The Balaban J connectivity index is 2.04. The summed E-state index contributed by atoms with van der Waals surface area (Å²) in [5, 5.41) is 10.5. The van der Waals surface area contributed by atoms with E-state index in [1.54, 1.807) is 6.20 Å². The van der Waals surface area contributed by atoms with E-state index < -0.39 is 10.0 Å². The normalized spacial score (nSPS) is 23.0. The summed E-state index contributed by atoms with van der Waals surface area (Å²) in [6, 6.07) is 0.322. The first-order chi connectivity index (χ1) is 9.92. The van der Waals surface area contributed by atoms with E-state index in [4.69, 9.17) is 0 Å². The van der Waals surface area contributed by atoms with E-state index in [0.29, 0.717) is 23.4 Å². The number of nitrogens with one attached hydrogen (secondary N) is 3. The number of sulfonamides is 1. The second kappa shape index (κ2) is 7.13. The molecule has 0 aromatic carbocycles. The lowest BCUT2D eigenvalue weighted by Crippen LogP contribution is -2.34. The summed E-state index contributed by atoms with van der Waals surface area (Å²) in [4.78, 5) is 0. The molecular weight excluding hydrogens is 308 g/mol. The number of hydrogen-bond acceptors (Lipinski definition) is 5. The van der Waals surface area contributed by atoms with Crippen LogP contribution in [0.5, 0.6) is 0 Å². The van der Waals surface area contributed by atoms with Crippen molar-refractivity contribution in [1.82, 2.24) is 20.2 Å². The Morgan fingerprint density at radius 3 is 2.86 bits per heavy atom. The Morgan fingerprint density at radius 2 is 2.24 bits per heavy atom. The Morgan fingerprint density at radius 1 is 1.48 bits per heavy atom. The first kappa shape index (κ1) is 16.8. The number of thioether (sulfide) groups is 1. The molecule has 1 heterocycles. The Labute approximate surface area is 130 Å². The molecule has 1 aliphatic rings. The Hall–Kier alpha value is -0.570. The molecule has 1 aromatic heterocycles. The van der Waals surface area contributed by atoms with Crippen LogP contribution in [-0.4, -0.2) is 42.2 Å². The fourth-order valence-electron chi connectivity index (χ4n) is 2.51. The van der Waals surface area contributed by atoms with Crippen molar-refractivity contribution in [2.24, 2.45) is 0 Å². The Bertz CT molecular complexity index is 556. The molecule has 0 aliphatic heterocycles. The molecule has 3 N–H and O–H groups in total. The average molecular weight is 332 g/mol. The molecule has 1 aliphatic carbocycles. The van der Waals surface area contributed by atoms with Crippen molar-refractivity contribution in [2.45, 2.75) is 62.0 Å². The molecule has 21 heavy (non-hydrogen) atoms. The number of H-pyrrole nitrogens is 1. The zero-order chi connectivity index (χ0) is 15.5. The molecule has 2 unspecified atom stereocenters. The molecule has 0 spiro atoms. The third kappa shape index (κ3) is 4.45. The highest BCUT2D eigenvalue weighted by molar-refractivity contribution is 7.99. The third-order valence-electron chi connectivity index (χ3n) is 3.69. The van der Waals surface area contributed by atoms with Gasteiger partial charge in [-0.05, 0) is 25.5 Å². The molecule has 0 bridgehead atoms. The fourth-order valence-corrected chi connectivity index (χ4v) is 4.72. The van der Waals surface area contributed by atoms with Gasteiger partial charge in [0.2, 0.25) is 0 Å². The molecule has 1 aromatic rings. The molecular formula is C13H24N4O2S2. The lowest BCUT2D eigenvalue weighted by Gasteiger charge is -2.14. The molecule has 6 nitrogen and oxygen atoms in total. The maximum atomic E-state index is 12.5. The second-order valence-corrected chi connectivity index (χ2v) is 8.54. The molecule has 1 fully saturated rings. The van der Waals surface area contributed by atoms with Crippen LogP contribution in [0.4, 0.5) is 0 Å². The van der Waals surface area contributed by atoms with Gasteiger partial charge >= 0.3 is 0 Å². The van der Waals surface area contributed by atoms with Crippen LogP contribution in [0.15, 0.2) is 11.2 Å². The maximum absolute atomic E-state index is 12.5. The first-order valence-electron chi connectivity index (χ1n) is 7.23. The van der Waals surface area contributed by atoms with Crippen molar-refractivity contribution in [3.63, 3.8) is 0 Å². The minimum absolute atomic E-state index is 0.0293. The number of nitrogens with zero attached hydrogens (tertiary/aromatic N) is 1. The van der Waals surface area contributed by atoms with E-state index in [-0.39, 0.29) is 11.1 Å². The Kier molecular flexibility index (Phi) is 5.70. The van der Waals surface area contributed by atoms with Crippen LogP contribution in [0.2, 0.25) is 0 Å². The van der Waals surface area contributed by atoms with Gasteiger partial charge in [-0.2, -0.15) is 16.9 Å². The number of hydrogen-bond donors (Lipinski definition) is 3. The lowest BCUT2D eigenvalue weighted by molar-refractivity contribution is 0.543. The van der Waals surface area contributed by atoms with Gasteiger partial charge < -0.3 is 5.32 Å². The quantitative estimate of drug-likeness (QED) is 0.704. The van der Waals surface area contributed by atoms with Gasteiger partial charge in [-0.25, -0.2) is 13.1 Å². The average Bonchev–Trinajstić information content (AvgIpc) is 3.04. The van der Waals surface area contributed by atoms with Crippen molar-refractivity contribution in [3.8, 4) is 0 Å². The topological polar surface area (TPSA) is 86.9 Å². The molecule has 1 saturated carbocycles. The van der Waals surface area contributed by atoms with Crippen molar-refractivity contribution < 1.29 is 8.42 Å². The van der Waals surface area contributed by atoms with Gasteiger partial charge in [0.1, 0.15) is 0 Å². The van der Waals surface area contributed by atoms with Gasteiger partial charge in [-0.3, -0.25) is 5.10 Å². The van der Waals surface area contributed by atoms with Gasteiger partial charge in [-0.15, -0.1) is 0 Å². The zero-order valence-electron chi connectivity index (χ0n) is 12.7. The SMILES string of the molecule is CSC1CCC(NS(=O)(=O)c2[nH]ncc2CNC(C)C)C1. The molecule has 2 atom stereocenters. The first-order valence-corrected chi connectivity index (χ1v) is 10.00. The van der Waals surface area contributed by atoms with Crippen LogP contribution in [-0.2, 0) is 16.6 Å². The molecule has 8 heteroatoms. The van der Waals surface area contributed by atoms with Gasteiger partial charge in [0.15, 0.2) is 5.03 Å².